The molecular formula is C27H29Cl2N3O3S. The van der Waals surface area contributed by atoms with Gasteiger partial charge in [-0.05, 0) is 55.7 Å². The van der Waals surface area contributed by atoms with Crippen LogP contribution in [0.3, 0.4) is 0 Å². The van der Waals surface area contributed by atoms with Crippen molar-refractivity contribution in [1.29, 1.82) is 0 Å². The van der Waals surface area contributed by atoms with Crippen LogP contribution in [-0.2, 0) is 22.6 Å². The molecule has 3 aromatic rings. The second-order valence-corrected chi connectivity index (χ2v) is 11.0. The molecule has 1 aliphatic rings. The number of amides is 3. The van der Waals surface area contributed by atoms with Gasteiger partial charge >= 0.3 is 6.03 Å². The van der Waals surface area contributed by atoms with E-state index in [1.807, 2.05) is 43.3 Å². The molecular weight excluding hydrogens is 517 g/mol. The van der Waals surface area contributed by atoms with Gasteiger partial charge in [-0.3, -0.25) is 4.79 Å². The van der Waals surface area contributed by atoms with Crippen LogP contribution in [0.15, 0.2) is 60.7 Å². The molecule has 1 atom stereocenters. The first-order chi connectivity index (χ1) is 17.4. The van der Waals surface area contributed by atoms with Gasteiger partial charge < -0.3 is 19.9 Å². The summed E-state index contributed by atoms with van der Waals surface area (Å²) in [5.74, 6) is -0.139. The standard InChI is InChI=1S/C27H29Cl2N3O3S/c1-19-9-11-23(36-19)17-31(15-20-6-3-2-4-7-20)26(33)18-32(16-22-8-5-13-35-22)27(34)30-25-12-10-21(28)14-24(25)29/h2-4,6-7,9-12,14,22H,5,8,13,15-18H2,1H3,(H,30,34). The molecule has 2 aromatic carbocycles. The van der Waals surface area contributed by atoms with Crippen LogP contribution in [0.5, 0.6) is 0 Å². The van der Waals surface area contributed by atoms with Crippen molar-refractivity contribution in [3.63, 3.8) is 0 Å². The van der Waals surface area contributed by atoms with Crippen molar-refractivity contribution < 1.29 is 14.3 Å². The fourth-order valence-corrected chi connectivity index (χ4v) is 5.46. The van der Waals surface area contributed by atoms with Gasteiger partial charge in [-0.2, -0.15) is 0 Å². The number of thiophene rings is 1. The number of nitrogens with one attached hydrogen (secondary N) is 1. The number of nitrogens with zero attached hydrogens (tertiary/aromatic N) is 2. The molecule has 0 spiro atoms. The lowest BCUT2D eigenvalue weighted by molar-refractivity contribution is -0.133. The van der Waals surface area contributed by atoms with E-state index in [2.05, 4.69) is 11.4 Å². The molecule has 1 aromatic heterocycles. The number of anilines is 1. The van der Waals surface area contributed by atoms with Gasteiger partial charge in [0, 0.05) is 34.5 Å². The largest absolute Gasteiger partial charge is 0.376 e. The summed E-state index contributed by atoms with van der Waals surface area (Å²) in [6, 6.07) is 18.4. The van der Waals surface area contributed by atoms with Crippen LogP contribution >= 0.6 is 34.5 Å². The molecule has 6 nitrogen and oxygen atoms in total. The van der Waals surface area contributed by atoms with Crippen LogP contribution in [0.25, 0.3) is 0 Å². The van der Waals surface area contributed by atoms with Gasteiger partial charge in [0.05, 0.1) is 23.4 Å². The zero-order valence-electron chi connectivity index (χ0n) is 20.1. The first kappa shape index (κ1) is 26.5. The molecule has 9 heteroatoms. The van der Waals surface area contributed by atoms with Crippen molar-refractivity contribution in [2.45, 2.75) is 39.0 Å². The lowest BCUT2D eigenvalue weighted by Crippen LogP contribution is -2.46. The van der Waals surface area contributed by atoms with E-state index in [-0.39, 0.29) is 18.6 Å². The summed E-state index contributed by atoms with van der Waals surface area (Å²) in [4.78, 5) is 32.6. The highest BCUT2D eigenvalue weighted by molar-refractivity contribution is 7.11. The first-order valence-corrected chi connectivity index (χ1v) is 13.4. The van der Waals surface area contributed by atoms with Gasteiger partial charge in [-0.15, -0.1) is 11.3 Å². The Kier molecular flexibility index (Phi) is 9.26. The molecule has 190 valence electrons. The maximum atomic E-state index is 13.6. The highest BCUT2D eigenvalue weighted by Crippen LogP contribution is 2.26. The summed E-state index contributed by atoms with van der Waals surface area (Å²) in [6.07, 6.45) is 1.68. The minimum absolute atomic E-state index is 0.0753. The van der Waals surface area contributed by atoms with E-state index in [4.69, 9.17) is 27.9 Å². The van der Waals surface area contributed by atoms with E-state index in [0.29, 0.717) is 42.0 Å². The van der Waals surface area contributed by atoms with Crippen LogP contribution in [-0.4, -0.2) is 47.5 Å². The quantitative estimate of drug-likeness (QED) is 0.329. The lowest BCUT2D eigenvalue weighted by atomic mass is 10.2. The normalized spacial score (nSPS) is 15.0. The Bertz CT molecular complexity index is 1180. The summed E-state index contributed by atoms with van der Waals surface area (Å²) >= 11 is 13.9. The Labute approximate surface area is 225 Å². The Morgan fingerprint density at radius 3 is 2.53 bits per heavy atom. The third-order valence-corrected chi connectivity index (χ3v) is 7.48. The van der Waals surface area contributed by atoms with E-state index in [1.165, 1.54) is 9.78 Å². The Balaban J connectivity index is 1.52. The van der Waals surface area contributed by atoms with Gasteiger partial charge in [-0.25, -0.2) is 4.79 Å². The van der Waals surface area contributed by atoms with Gasteiger partial charge in [0.25, 0.3) is 0 Å². The molecule has 0 bridgehead atoms. The van der Waals surface area contributed by atoms with Crippen molar-refractivity contribution in [1.82, 2.24) is 9.80 Å². The van der Waals surface area contributed by atoms with Crippen LogP contribution < -0.4 is 5.32 Å². The monoisotopic (exact) mass is 545 g/mol. The molecule has 3 amide bonds. The van der Waals surface area contributed by atoms with Gasteiger partial charge in [0.15, 0.2) is 0 Å². The fraction of sp³-hybridized carbons (Fsp3) is 0.333. The van der Waals surface area contributed by atoms with Gasteiger partial charge in [0.2, 0.25) is 5.91 Å². The molecule has 0 radical (unpaired) electrons. The van der Waals surface area contributed by atoms with E-state index >= 15 is 0 Å². The Hall–Kier alpha value is -2.58. The van der Waals surface area contributed by atoms with E-state index in [9.17, 15) is 9.59 Å². The Morgan fingerprint density at radius 1 is 1.06 bits per heavy atom. The van der Waals surface area contributed by atoms with Crippen molar-refractivity contribution >= 4 is 52.2 Å². The lowest BCUT2D eigenvalue weighted by Gasteiger charge is -2.29. The third-order valence-electron chi connectivity index (χ3n) is 5.95. The number of carbonyl (C=O) groups excluding carboxylic acids is 2. The van der Waals surface area contributed by atoms with Gasteiger partial charge in [0.1, 0.15) is 6.54 Å². The average Bonchev–Trinajstić information content (AvgIpc) is 3.52. The predicted molar refractivity (Wildman–Crippen MR) is 146 cm³/mol. The number of halogens is 2. The number of aryl methyl sites for hydroxylation is 1. The Morgan fingerprint density at radius 2 is 1.86 bits per heavy atom. The number of urea groups is 1. The van der Waals surface area contributed by atoms with Crippen molar-refractivity contribution in [2.24, 2.45) is 0 Å². The van der Waals surface area contributed by atoms with Crippen LogP contribution in [0.2, 0.25) is 10.0 Å². The van der Waals surface area contributed by atoms with Crippen molar-refractivity contribution in [3.05, 3.63) is 86.0 Å². The number of carbonyl (C=O) groups is 2. The fourth-order valence-electron chi connectivity index (χ4n) is 4.10. The maximum absolute atomic E-state index is 13.6. The molecule has 1 saturated heterocycles. The van der Waals surface area contributed by atoms with E-state index < -0.39 is 6.03 Å². The summed E-state index contributed by atoms with van der Waals surface area (Å²) < 4.78 is 5.77. The van der Waals surface area contributed by atoms with Crippen molar-refractivity contribution in [3.8, 4) is 0 Å². The number of benzene rings is 2. The number of hydrogen-bond acceptors (Lipinski definition) is 4. The third kappa shape index (κ3) is 7.46. The van der Waals surface area contributed by atoms with E-state index in [0.717, 1.165) is 23.3 Å². The van der Waals surface area contributed by atoms with Crippen LogP contribution in [0.4, 0.5) is 10.5 Å². The second kappa shape index (κ2) is 12.6. The number of ether oxygens (including phenoxy) is 1. The second-order valence-electron chi connectivity index (χ2n) is 8.82. The predicted octanol–water partition coefficient (Wildman–Crippen LogP) is 6.61. The summed E-state index contributed by atoms with van der Waals surface area (Å²) in [6.45, 7) is 3.88. The highest BCUT2D eigenvalue weighted by Gasteiger charge is 2.27. The molecule has 36 heavy (non-hydrogen) atoms. The molecule has 1 fully saturated rings. The van der Waals surface area contributed by atoms with E-state index in [1.54, 1.807) is 34.4 Å². The summed E-state index contributed by atoms with van der Waals surface area (Å²) in [7, 11) is 0. The zero-order chi connectivity index (χ0) is 25.5. The smallest absolute Gasteiger partial charge is 0.322 e. The SMILES string of the molecule is Cc1ccc(CN(Cc2ccccc2)C(=O)CN(CC2CCCO2)C(=O)Nc2ccc(Cl)cc2Cl)s1. The molecule has 4 rings (SSSR count). The molecule has 2 heterocycles. The zero-order valence-corrected chi connectivity index (χ0v) is 22.4. The number of hydrogen-bond donors (Lipinski definition) is 1. The molecule has 1 aliphatic heterocycles. The number of rotatable bonds is 9. The minimum Gasteiger partial charge on any atom is -0.376 e. The topological polar surface area (TPSA) is 61.9 Å². The van der Waals surface area contributed by atoms with Crippen molar-refractivity contribution in [2.75, 3.05) is 25.0 Å². The highest BCUT2D eigenvalue weighted by atomic mass is 35.5. The molecule has 0 saturated carbocycles. The molecule has 1 unspecified atom stereocenters. The van der Waals surface area contributed by atoms with Crippen LogP contribution in [0, 0.1) is 6.92 Å². The van der Waals surface area contributed by atoms with Gasteiger partial charge in [-0.1, -0.05) is 53.5 Å². The molecule has 0 aliphatic carbocycles. The minimum atomic E-state index is -0.408. The summed E-state index contributed by atoms with van der Waals surface area (Å²) in [5.41, 5.74) is 1.47. The average molecular weight is 547 g/mol. The first-order valence-electron chi connectivity index (χ1n) is 11.9. The molecule has 1 N–H and O–H groups in total. The van der Waals surface area contributed by atoms with Crippen LogP contribution in [0.1, 0.15) is 28.2 Å². The maximum Gasteiger partial charge on any atom is 0.322 e. The summed E-state index contributed by atoms with van der Waals surface area (Å²) in [5, 5.41) is 3.64.